The lowest BCUT2D eigenvalue weighted by Crippen LogP contribution is -2.14. The van der Waals surface area contributed by atoms with E-state index in [4.69, 9.17) is 0 Å². The standard InChI is InChI=1S/C11H17NO/c1-8(13)9-6-5-7-10(12-9)11(2,3)4/h5-8,13H,1-4H3/t8-/m0/s1. The Hall–Kier alpha value is -0.890. The van der Waals surface area contributed by atoms with Gasteiger partial charge in [0.25, 0.3) is 0 Å². The molecule has 0 unspecified atom stereocenters. The molecule has 0 aromatic carbocycles. The van der Waals surface area contributed by atoms with Gasteiger partial charge in [-0.15, -0.1) is 0 Å². The Balaban J connectivity index is 3.06. The average molecular weight is 179 g/mol. The van der Waals surface area contributed by atoms with E-state index in [0.717, 1.165) is 11.4 Å². The molecule has 0 spiro atoms. The summed E-state index contributed by atoms with van der Waals surface area (Å²) in [5.41, 5.74) is 1.81. The van der Waals surface area contributed by atoms with E-state index < -0.39 is 6.10 Å². The molecule has 0 bridgehead atoms. The number of hydrogen-bond donors (Lipinski definition) is 1. The van der Waals surface area contributed by atoms with Gasteiger partial charge < -0.3 is 5.11 Å². The summed E-state index contributed by atoms with van der Waals surface area (Å²) < 4.78 is 0. The van der Waals surface area contributed by atoms with Crippen LogP contribution in [0.4, 0.5) is 0 Å². The van der Waals surface area contributed by atoms with Gasteiger partial charge in [0.15, 0.2) is 0 Å². The van der Waals surface area contributed by atoms with Gasteiger partial charge in [-0.2, -0.15) is 0 Å². The quantitative estimate of drug-likeness (QED) is 0.718. The van der Waals surface area contributed by atoms with Crippen molar-refractivity contribution in [2.45, 2.75) is 39.2 Å². The Kier molecular flexibility index (Phi) is 2.71. The van der Waals surface area contributed by atoms with Crippen LogP contribution in [0.25, 0.3) is 0 Å². The van der Waals surface area contributed by atoms with Gasteiger partial charge in [0, 0.05) is 11.1 Å². The maximum atomic E-state index is 9.35. The van der Waals surface area contributed by atoms with Gasteiger partial charge in [0.1, 0.15) is 0 Å². The van der Waals surface area contributed by atoms with Gasteiger partial charge in [0.05, 0.1) is 11.8 Å². The van der Waals surface area contributed by atoms with Crippen molar-refractivity contribution < 1.29 is 5.11 Å². The lowest BCUT2D eigenvalue weighted by molar-refractivity contribution is 0.193. The second kappa shape index (κ2) is 3.46. The molecule has 1 N–H and O–H groups in total. The van der Waals surface area contributed by atoms with Crippen molar-refractivity contribution in [2.75, 3.05) is 0 Å². The zero-order valence-corrected chi connectivity index (χ0v) is 8.70. The molecule has 0 aliphatic heterocycles. The number of aliphatic hydroxyl groups is 1. The van der Waals surface area contributed by atoms with Gasteiger partial charge in [0.2, 0.25) is 0 Å². The molecule has 1 atom stereocenters. The first-order chi connectivity index (χ1) is 5.91. The van der Waals surface area contributed by atoms with Gasteiger partial charge in [-0.1, -0.05) is 26.8 Å². The zero-order valence-electron chi connectivity index (χ0n) is 8.70. The van der Waals surface area contributed by atoms with E-state index in [-0.39, 0.29) is 5.41 Å². The van der Waals surface area contributed by atoms with Crippen LogP contribution in [0.5, 0.6) is 0 Å². The Labute approximate surface area is 79.6 Å². The first-order valence-electron chi connectivity index (χ1n) is 4.57. The van der Waals surface area contributed by atoms with Crippen LogP contribution in [0.2, 0.25) is 0 Å². The topological polar surface area (TPSA) is 33.1 Å². The van der Waals surface area contributed by atoms with Crippen LogP contribution in [0.3, 0.4) is 0 Å². The summed E-state index contributed by atoms with van der Waals surface area (Å²) in [6.45, 7) is 8.07. The summed E-state index contributed by atoms with van der Waals surface area (Å²) in [5.74, 6) is 0. The molecule has 1 rings (SSSR count). The minimum absolute atomic E-state index is 0.0465. The highest BCUT2D eigenvalue weighted by Crippen LogP contribution is 2.21. The molecule has 13 heavy (non-hydrogen) atoms. The number of pyridine rings is 1. The van der Waals surface area contributed by atoms with Crippen molar-refractivity contribution in [3.8, 4) is 0 Å². The van der Waals surface area contributed by atoms with Crippen LogP contribution in [-0.4, -0.2) is 10.1 Å². The lowest BCUT2D eigenvalue weighted by Gasteiger charge is -2.18. The van der Waals surface area contributed by atoms with Crippen LogP contribution in [0, 0.1) is 0 Å². The molecule has 1 aromatic heterocycles. The molecule has 1 aromatic rings. The third kappa shape index (κ3) is 2.52. The molecule has 0 radical (unpaired) electrons. The van der Waals surface area contributed by atoms with Crippen LogP contribution < -0.4 is 0 Å². The summed E-state index contributed by atoms with van der Waals surface area (Å²) >= 11 is 0. The Morgan fingerprint density at radius 2 is 1.92 bits per heavy atom. The van der Waals surface area contributed by atoms with Gasteiger partial charge in [-0.05, 0) is 19.1 Å². The molecule has 0 saturated heterocycles. The van der Waals surface area contributed by atoms with E-state index in [2.05, 4.69) is 25.8 Å². The molecule has 0 aliphatic rings. The first kappa shape index (κ1) is 10.2. The Morgan fingerprint density at radius 1 is 1.31 bits per heavy atom. The van der Waals surface area contributed by atoms with E-state index in [9.17, 15) is 5.11 Å². The predicted octanol–water partition coefficient (Wildman–Crippen LogP) is 2.43. The molecule has 1 heterocycles. The highest BCUT2D eigenvalue weighted by molar-refractivity contribution is 5.18. The Morgan fingerprint density at radius 3 is 2.38 bits per heavy atom. The molecule has 0 fully saturated rings. The van der Waals surface area contributed by atoms with Crippen molar-refractivity contribution in [3.63, 3.8) is 0 Å². The minimum Gasteiger partial charge on any atom is -0.387 e. The van der Waals surface area contributed by atoms with Crippen molar-refractivity contribution in [2.24, 2.45) is 0 Å². The molecular weight excluding hydrogens is 162 g/mol. The van der Waals surface area contributed by atoms with Crippen molar-refractivity contribution in [3.05, 3.63) is 29.6 Å². The van der Waals surface area contributed by atoms with Crippen molar-refractivity contribution >= 4 is 0 Å². The first-order valence-corrected chi connectivity index (χ1v) is 4.57. The summed E-state index contributed by atoms with van der Waals surface area (Å²) in [6, 6.07) is 5.78. The van der Waals surface area contributed by atoms with Crippen LogP contribution in [0.15, 0.2) is 18.2 Å². The van der Waals surface area contributed by atoms with Crippen LogP contribution >= 0.6 is 0 Å². The van der Waals surface area contributed by atoms with E-state index >= 15 is 0 Å². The molecule has 2 heteroatoms. The van der Waals surface area contributed by atoms with Crippen LogP contribution in [0.1, 0.15) is 45.2 Å². The number of aromatic nitrogens is 1. The molecule has 72 valence electrons. The lowest BCUT2D eigenvalue weighted by atomic mass is 9.91. The van der Waals surface area contributed by atoms with Crippen molar-refractivity contribution in [1.29, 1.82) is 0 Å². The van der Waals surface area contributed by atoms with E-state index in [1.54, 1.807) is 6.92 Å². The zero-order chi connectivity index (χ0) is 10.1. The largest absolute Gasteiger partial charge is 0.387 e. The van der Waals surface area contributed by atoms with Gasteiger partial charge in [-0.25, -0.2) is 0 Å². The SMILES string of the molecule is C[C@H](O)c1cccc(C(C)(C)C)n1. The third-order valence-electron chi connectivity index (χ3n) is 1.97. The second-order valence-electron chi connectivity index (χ2n) is 4.37. The molecular formula is C11H17NO. The number of hydrogen-bond acceptors (Lipinski definition) is 2. The van der Waals surface area contributed by atoms with Gasteiger partial charge >= 0.3 is 0 Å². The predicted molar refractivity (Wildman–Crippen MR) is 53.6 cm³/mol. The Bertz CT molecular complexity index is 286. The highest BCUT2D eigenvalue weighted by Gasteiger charge is 2.16. The molecule has 0 saturated carbocycles. The van der Waals surface area contributed by atoms with E-state index in [1.807, 2.05) is 18.2 Å². The fraction of sp³-hybridized carbons (Fsp3) is 0.545. The number of rotatable bonds is 1. The monoisotopic (exact) mass is 179 g/mol. The van der Waals surface area contributed by atoms with Crippen molar-refractivity contribution in [1.82, 2.24) is 4.98 Å². The molecule has 0 amide bonds. The normalized spacial score (nSPS) is 14.2. The van der Waals surface area contributed by atoms with Crippen LogP contribution in [-0.2, 0) is 5.41 Å². The summed E-state index contributed by atoms with van der Waals surface area (Å²) in [5, 5.41) is 9.35. The fourth-order valence-electron chi connectivity index (χ4n) is 1.10. The fourth-order valence-corrected chi connectivity index (χ4v) is 1.10. The molecule has 0 aliphatic carbocycles. The smallest absolute Gasteiger partial charge is 0.0931 e. The van der Waals surface area contributed by atoms with Gasteiger partial charge in [-0.3, -0.25) is 4.98 Å². The third-order valence-corrected chi connectivity index (χ3v) is 1.97. The van der Waals surface area contributed by atoms with E-state index in [0.29, 0.717) is 0 Å². The maximum absolute atomic E-state index is 9.35. The summed E-state index contributed by atoms with van der Waals surface area (Å²) in [7, 11) is 0. The summed E-state index contributed by atoms with van der Waals surface area (Å²) in [6.07, 6.45) is -0.484. The molecule has 2 nitrogen and oxygen atoms in total. The second-order valence-corrected chi connectivity index (χ2v) is 4.37. The highest BCUT2D eigenvalue weighted by atomic mass is 16.3. The van der Waals surface area contributed by atoms with E-state index in [1.165, 1.54) is 0 Å². The number of aliphatic hydroxyl groups excluding tert-OH is 1. The minimum atomic E-state index is -0.484. The average Bonchev–Trinajstić information content (AvgIpc) is 2.03. The summed E-state index contributed by atoms with van der Waals surface area (Å²) in [4.78, 5) is 4.39. The maximum Gasteiger partial charge on any atom is 0.0931 e. The number of nitrogens with zero attached hydrogens (tertiary/aromatic N) is 1.